The first-order chi connectivity index (χ1) is 35.4. The smallest absolute Gasteiger partial charge is 0.256 e. The van der Waals surface area contributed by atoms with Gasteiger partial charge in [0.15, 0.2) is 0 Å². The van der Waals surface area contributed by atoms with Gasteiger partial charge in [-0.1, -0.05) is 206 Å². The number of fused-ring (bicyclic) bond motifs is 7. The Balaban J connectivity index is 1.10. The van der Waals surface area contributed by atoms with Crippen LogP contribution < -0.4 is 21.1 Å². The lowest BCUT2D eigenvalue weighted by atomic mass is 9.34. The van der Waals surface area contributed by atoms with E-state index in [2.05, 4.69) is 262 Å². The summed E-state index contributed by atoms with van der Waals surface area (Å²) < 4.78 is 9.88. The van der Waals surface area contributed by atoms with E-state index in [-0.39, 0.29) is 6.71 Å². The molecule has 2 nitrogen and oxygen atoms in total. The minimum absolute atomic E-state index is 0.121. The topological polar surface area (TPSA) is 14.2 Å². The highest BCUT2D eigenvalue weighted by atomic mass is 16.5. The van der Waals surface area contributed by atoms with E-state index >= 15 is 0 Å². The van der Waals surface area contributed by atoms with Crippen LogP contribution in [0, 0.1) is 20.8 Å². The number of hydrogen-bond acceptors (Lipinski definition) is 1. The maximum Gasteiger partial charge on any atom is 0.256 e. The third-order valence-electron chi connectivity index (χ3n) is 15.3. The van der Waals surface area contributed by atoms with E-state index in [9.17, 15) is 0 Å². The third kappa shape index (κ3) is 6.65. The lowest BCUT2D eigenvalue weighted by Gasteiger charge is -2.34. The summed E-state index contributed by atoms with van der Waals surface area (Å²) in [5.74, 6) is 1.79. The van der Waals surface area contributed by atoms with Crippen molar-refractivity contribution in [1.82, 2.24) is 4.57 Å². The molecule has 0 saturated heterocycles. The molecular formula is C69H48BNO. The Morgan fingerprint density at radius 3 is 1.36 bits per heavy atom. The highest BCUT2D eigenvalue weighted by Crippen LogP contribution is 2.45. The summed E-state index contributed by atoms with van der Waals surface area (Å²) in [6.07, 6.45) is 0. The minimum Gasteiger partial charge on any atom is -0.458 e. The number of benzene rings is 11. The van der Waals surface area contributed by atoms with Gasteiger partial charge in [-0.3, -0.25) is 0 Å². The summed E-state index contributed by atoms with van der Waals surface area (Å²) in [6, 6.07) is 87.3. The molecule has 0 unspecified atom stereocenters. The van der Waals surface area contributed by atoms with Gasteiger partial charge in [0.1, 0.15) is 11.5 Å². The molecule has 3 heterocycles. The quantitative estimate of drug-likeness (QED) is 0.145. The van der Waals surface area contributed by atoms with Gasteiger partial charge in [0.05, 0.1) is 5.52 Å². The molecule has 12 aromatic rings. The van der Waals surface area contributed by atoms with E-state index in [4.69, 9.17) is 4.74 Å². The van der Waals surface area contributed by atoms with Crippen molar-refractivity contribution in [1.29, 1.82) is 0 Å². The van der Waals surface area contributed by atoms with E-state index < -0.39 is 0 Å². The Morgan fingerprint density at radius 1 is 0.347 bits per heavy atom. The van der Waals surface area contributed by atoms with Crippen molar-refractivity contribution in [3.63, 3.8) is 0 Å². The summed E-state index contributed by atoms with van der Waals surface area (Å²) in [7, 11) is 0. The fraction of sp³-hybridized carbons (Fsp3) is 0.0435. The first kappa shape index (κ1) is 42.0. The second-order valence-electron chi connectivity index (χ2n) is 19.7. The first-order valence-corrected chi connectivity index (χ1v) is 25.1. The molecule has 0 N–H and O–H groups in total. The van der Waals surface area contributed by atoms with E-state index in [1.165, 1.54) is 127 Å². The average Bonchev–Trinajstić information content (AvgIpc) is 3.76. The summed E-state index contributed by atoms with van der Waals surface area (Å²) in [5, 5.41) is 2.45. The molecular weight excluding hydrogens is 870 g/mol. The molecule has 72 heavy (non-hydrogen) atoms. The zero-order chi connectivity index (χ0) is 48.0. The largest absolute Gasteiger partial charge is 0.458 e. The molecule has 2 aliphatic rings. The Kier molecular flexibility index (Phi) is 9.69. The lowest BCUT2D eigenvalue weighted by Crippen LogP contribution is -2.58. The van der Waals surface area contributed by atoms with Crippen LogP contribution in [0.3, 0.4) is 0 Å². The van der Waals surface area contributed by atoms with Crippen LogP contribution in [0.25, 0.3) is 105 Å². The summed E-state index contributed by atoms with van der Waals surface area (Å²) in [5.41, 5.74) is 27.8. The second-order valence-corrected chi connectivity index (χ2v) is 19.7. The Labute approximate surface area is 421 Å². The zero-order valence-electron chi connectivity index (χ0n) is 40.4. The molecule has 1 aromatic heterocycles. The normalized spacial score (nSPS) is 12.2. The van der Waals surface area contributed by atoms with Crippen LogP contribution in [0.15, 0.2) is 237 Å². The summed E-state index contributed by atoms with van der Waals surface area (Å²) in [6.45, 7) is 6.56. The molecule has 14 rings (SSSR count). The molecule has 0 amide bonds. The van der Waals surface area contributed by atoms with Crippen LogP contribution >= 0.6 is 0 Å². The highest BCUT2D eigenvalue weighted by Gasteiger charge is 2.42. The molecule has 0 spiro atoms. The fourth-order valence-electron chi connectivity index (χ4n) is 12.4. The maximum absolute atomic E-state index is 7.31. The van der Waals surface area contributed by atoms with Crippen LogP contribution in [0.2, 0.25) is 0 Å². The van der Waals surface area contributed by atoms with Crippen molar-refractivity contribution in [3.05, 3.63) is 253 Å². The predicted molar refractivity (Wildman–Crippen MR) is 304 cm³/mol. The number of aryl methyl sites for hydroxylation is 3. The summed E-state index contributed by atoms with van der Waals surface area (Å²) >= 11 is 0. The first-order valence-electron chi connectivity index (χ1n) is 25.1. The van der Waals surface area contributed by atoms with Gasteiger partial charge in [-0.25, -0.2) is 0 Å². The molecule has 3 heteroatoms. The monoisotopic (exact) mass is 917 g/mol. The molecule has 338 valence electrons. The number of rotatable bonds is 7. The van der Waals surface area contributed by atoms with Crippen LogP contribution in [0.1, 0.15) is 16.7 Å². The van der Waals surface area contributed by atoms with Crippen molar-refractivity contribution in [3.8, 4) is 95.1 Å². The molecule has 0 radical (unpaired) electrons. The second kappa shape index (κ2) is 16.6. The lowest BCUT2D eigenvalue weighted by molar-refractivity contribution is 0.487. The van der Waals surface area contributed by atoms with Crippen molar-refractivity contribution >= 4 is 44.9 Å². The SMILES string of the molecule is Cc1cc(C)c(-c2ccc3c(c2)B2c4c(cc(-c5ccccc5-c5ccccc5)cc4-n4c5ccc(-c6ccccc6-c6ccccc6)cc5c5cc(-c6ccccc6-c6ccccc6)cc2c54)O3)c(C)c1. The number of nitrogens with zero attached hydrogens (tertiary/aromatic N) is 1. The Hall–Kier alpha value is -8.92. The van der Waals surface area contributed by atoms with Gasteiger partial charge in [-0.05, 0) is 163 Å². The van der Waals surface area contributed by atoms with Crippen molar-refractivity contribution in [2.45, 2.75) is 20.8 Å². The molecule has 2 aliphatic heterocycles. The predicted octanol–water partition coefficient (Wildman–Crippen LogP) is 16.3. The van der Waals surface area contributed by atoms with Gasteiger partial charge < -0.3 is 9.30 Å². The number of hydrogen-bond donors (Lipinski definition) is 0. The zero-order valence-corrected chi connectivity index (χ0v) is 40.4. The Morgan fingerprint density at radius 2 is 0.806 bits per heavy atom. The van der Waals surface area contributed by atoms with Gasteiger partial charge in [-0.15, -0.1) is 0 Å². The van der Waals surface area contributed by atoms with E-state index in [0.29, 0.717) is 0 Å². The molecule has 0 fully saturated rings. The third-order valence-corrected chi connectivity index (χ3v) is 15.3. The maximum atomic E-state index is 7.31. The van der Waals surface area contributed by atoms with Crippen molar-refractivity contribution < 1.29 is 4.74 Å². The van der Waals surface area contributed by atoms with Gasteiger partial charge in [0.2, 0.25) is 0 Å². The standard InChI is InChI=1S/C69H48BNO/c1-43-35-44(2)67(45(3)36-43)50-32-34-65-61(39-50)70-62-40-51(57-29-17-14-26-54(57)47-21-9-5-10-22-47)38-60-59-37-49(56-28-16-13-25-53(56)46-19-7-4-8-20-46)31-33-63(59)71(69(60)62)64-41-52(42-66(72-65)68(64)70)58-30-18-15-27-55(58)48-23-11-6-12-24-48/h4-42H,1-3H3. The minimum atomic E-state index is -0.121. The van der Waals surface area contributed by atoms with Gasteiger partial charge in [0.25, 0.3) is 6.71 Å². The molecule has 0 saturated carbocycles. The van der Waals surface area contributed by atoms with E-state index in [1.807, 2.05) is 0 Å². The van der Waals surface area contributed by atoms with Crippen molar-refractivity contribution in [2.24, 2.45) is 0 Å². The number of ether oxygens (including phenoxy) is 1. The van der Waals surface area contributed by atoms with Crippen LogP contribution in [0.5, 0.6) is 11.5 Å². The molecule has 11 aromatic carbocycles. The van der Waals surface area contributed by atoms with Gasteiger partial charge >= 0.3 is 0 Å². The average molecular weight is 918 g/mol. The Bertz CT molecular complexity index is 4130. The van der Waals surface area contributed by atoms with Crippen LogP contribution in [-0.2, 0) is 0 Å². The van der Waals surface area contributed by atoms with Crippen LogP contribution in [-0.4, -0.2) is 11.3 Å². The molecule has 0 atom stereocenters. The van der Waals surface area contributed by atoms with Gasteiger partial charge in [0, 0.05) is 22.0 Å². The highest BCUT2D eigenvalue weighted by molar-refractivity contribution is 6.99. The molecule has 0 aliphatic carbocycles. The summed E-state index contributed by atoms with van der Waals surface area (Å²) in [4.78, 5) is 0. The van der Waals surface area contributed by atoms with Gasteiger partial charge in [-0.2, -0.15) is 0 Å². The molecule has 0 bridgehead atoms. The fourth-order valence-corrected chi connectivity index (χ4v) is 12.4. The number of aromatic nitrogens is 1. The van der Waals surface area contributed by atoms with Crippen LogP contribution in [0.4, 0.5) is 0 Å². The van der Waals surface area contributed by atoms with E-state index in [0.717, 1.165) is 22.7 Å². The van der Waals surface area contributed by atoms with Crippen molar-refractivity contribution in [2.75, 3.05) is 0 Å². The van der Waals surface area contributed by atoms with E-state index in [1.54, 1.807) is 0 Å².